The Balaban J connectivity index is 2.03. The quantitative estimate of drug-likeness (QED) is 0.464. The first kappa shape index (κ1) is 14.8. The number of amidine groups is 1. The number of esters is 1. The monoisotopic (exact) mass is 284 g/mol. The molecule has 4 atom stereocenters. The summed E-state index contributed by atoms with van der Waals surface area (Å²) in [5.74, 6) is -0.766. The molecule has 0 amide bonds. The van der Waals surface area contributed by atoms with Gasteiger partial charge in [-0.05, 0) is 13.3 Å². The lowest BCUT2D eigenvalue weighted by Gasteiger charge is -2.22. The summed E-state index contributed by atoms with van der Waals surface area (Å²) in [6.07, 6.45) is -0.818. The highest BCUT2D eigenvalue weighted by atomic mass is 16.5. The molecular formula is C13H20N2O5. The van der Waals surface area contributed by atoms with Gasteiger partial charge in [0.2, 0.25) is 0 Å². The van der Waals surface area contributed by atoms with E-state index in [1.165, 1.54) is 0 Å². The molecule has 1 saturated heterocycles. The van der Waals surface area contributed by atoms with E-state index in [0.717, 1.165) is 0 Å². The van der Waals surface area contributed by atoms with Gasteiger partial charge in [0.25, 0.3) is 6.02 Å². The van der Waals surface area contributed by atoms with E-state index in [9.17, 15) is 15.0 Å². The van der Waals surface area contributed by atoms with E-state index in [1.54, 1.807) is 11.8 Å². The Morgan fingerprint density at radius 3 is 2.95 bits per heavy atom. The maximum atomic E-state index is 11.6. The summed E-state index contributed by atoms with van der Waals surface area (Å²) in [6, 6.07) is -0.304. The number of hydrogen-bond donors (Lipinski definition) is 3. The SMILES string of the molecule is C=C(CN1C(=N)O[C@@H]2[C@@H](O)[C@H](CO)C[C@@H]21)C(=O)OCC. The van der Waals surface area contributed by atoms with Crippen LogP contribution < -0.4 is 0 Å². The van der Waals surface area contributed by atoms with Gasteiger partial charge in [0, 0.05) is 18.1 Å². The molecule has 2 aliphatic rings. The van der Waals surface area contributed by atoms with Gasteiger partial charge in [-0.25, -0.2) is 4.79 Å². The third kappa shape index (κ3) is 2.51. The molecule has 0 aromatic rings. The van der Waals surface area contributed by atoms with Gasteiger partial charge in [-0.2, -0.15) is 0 Å². The Kier molecular flexibility index (Phi) is 4.29. The van der Waals surface area contributed by atoms with Crippen LogP contribution in [0.15, 0.2) is 12.2 Å². The number of rotatable bonds is 5. The fraction of sp³-hybridized carbons (Fsp3) is 0.692. The maximum absolute atomic E-state index is 11.6. The van der Waals surface area contributed by atoms with Gasteiger partial charge >= 0.3 is 5.97 Å². The second-order valence-electron chi connectivity index (χ2n) is 5.08. The number of fused-ring (bicyclic) bond motifs is 1. The second kappa shape index (κ2) is 5.80. The Morgan fingerprint density at radius 2 is 2.35 bits per heavy atom. The lowest BCUT2D eigenvalue weighted by Crippen LogP contribution is -2.37. The fourth-order valence-corrected chi connectivity index (χ4v) is 2.75. The van der Waals surface area contributed by atoms with Crippen LogP contribution in [0.4, 0.5) is 0 Å². The standard InChI is InChI=1S/C13H20N2O5/c1-3-19-12(18)7(2)5-15-9-4-8(6-16)10(17)11(9)20-13(15)14/h8-11,14,16-17H,2-6H2,1H3/t8-,9-,10-,11-/m0/s1. The molecule has 112 valence electrons. The molecule has 0 aromatic heterocycles. The summed E-state index contributed by atoms with van der Waals surface area (Å²) < 4.78 is 10.2. The molecule has 2 rings (SSSR count). The maximum Gasteiger partial charge on any atom is 0.335 e. The molecule has 1 aliphatic heterocycles. The number of ether oxygens (including phenoxy) is 2. The van der Waals surface area contributed by atoms with Crippen molar-refractivity contribution in [2.45, 2.75) is 31.6 Å². The Labute approximate surface area is 117 Å². The Morgan fingerprint density at radius 1 is 1.65 bits per heavy atom. The van der Waals surface area contributed by atoms with E-state index < -0.39 is 18.2 Å². The number of carbonyl (C=O) groups is 1. The number of nitrogens with one attached hydrogen (secondary N) is 1. The highest BCUT2D eigenvalue weighted by molar-refractivity contribution is 5.89. The van der Waals surface area contributed by atoms with E-state index >= 15 is 0 Å². The summed E-state index contributed by atoms with van der Waals surface area (Å²) in [4.78, 5) is 13.2. The van der Waals surface area contributed by atoms with Crippen LogP contribution in [0.25, 0.3) is 0 Å². The van der Waals surface area contributed by atoms with Gasteiger partial charge in [-0.3, -0.25) is 5.41 Å². The van der Waals surface area contributed by atoms with Crippen molar-refractivity contribution in [1.29, 1.82) is 5.41 Å². The molecule has 1 aliphatic carbocycles. The van der Waals surface area contributed by atoms with Crippen LogP contribution in [0.2, 0.25) is 0 Å². The van der Waals surface area contributed by atoms with Crippen molar-refractivity contribution in [2.24, 2.45) is 5.92 Å². The van der Waals surface area contributed by atoms with Crippen molar-refractivity contribution in [3.63, 3.8) is 0 Å². The Bertz CT molecular complexity index is 425. The topological polar surface area (TPSA) is 103 Å². The molecule has 20 heavy (non-hydrogen) atoms. The smallest absolute Gasteiger partial charge is 0.335 e. The van der Waals surface area contributed by atoms with Gasteiger partial charge in [-0.15, -0.1) is 0 Å². The summed E-state index contributed by atoms with van der Waals surface area (Å²) >= 11 is 0. The minimum atomic E-state index is -0.800. The van der Waals surface area contributed by atoms with E-state index in [4.69, 9.17) is 14.9 Å². The van der Waals surface area contributed by atoms with Crippen LogP contribution >= 0.6 is 0 Å². The number of nitrogens with zero attached hydrogens (tertiary/aromatic N) is 1. The minimum Gasteiger partial charge on any atom is -0.463 e. The van der Waals surface area contributed by atoms with Crippen LogP contribution in [0.1, 0.15) is 13.3 Å². The van der Waals surface area contributed by atoms with E-state index in [2.05, 4.69) is 6.58 Å². The largest absolute Gasteiger partial charge is 0.463 e. The van der Waals surface area contributed by atoms with Gasteiger partial charge in [0.15, 0.2) is 0 Å². The molecule has 0 aromatic carbocycles. The first-order chi connectivity index (χ1) is 9.49. The molecular weight excluding hydrogens is 264 g/mol. The average Bonchev–Trinajstić information content (AvgIpc) is 2.88. The predicted octanol–water partition coefficient (Wildman–Crippen LogP) is -0.517. The van der Waals surface area contributed by atoms with Crippen LogP contribution in [0.3, 0.4) is 0 Å². The average molecular weight is 284 g/mol. The van der Waals surface area contributed by atoms with Crippen LogP contribution in [-0.2, 0) is 14.3 Å². The lowest BCUT2D eigenvalue weighted by atomic mass is 10.1. The molecule has 0 radical (unpaired) electrons. The zero-order valence-corrected chi connectivity index (χ0v) is 11.4. The molecule has 1 saturated carbocycles. The van der Waals surface area contributed by atoms with Crippen molar-refractivity contribution in [3.05, 3.63) is 12.2 Å². The number of aliphatic hydroxyl groups excluding tert-OH is 2. The summed E-state index contributed by atoms with van der Waals surface area (Å²) in [6.45, 7) is 5.64. The first-order valence-electron chi connectivity index (χ1n) is 6.65. The number of hydrogen-bond acceptors (Lipinski definition) is 6. The second-order valence-corrected chi connectivity index (χ2v) is 5.08. The first-order valence-corrected chi connectivity index (χ1v) is 6.65. The fourth-order valence-electron chi connectivity index (χ4n) is 2.75. The van der Waals surface area contributed by atoms with E-state index in [-0.39, 0.29) is 43.3 Å². The third-order valence-corrected chi connectivity index (χ3v) is 3.81. The molecule has 0 spiro atoms. The lowest BCUT2D eigenvalue weighted by molar-refractivity contribution is -0.138. The van der Waals surface area contributed by atoms with E-state index in [0.29, 0.717) is 6.42 Å². The summed E-state index contributed by atoms with van der Waals surface area (Å²) in [7, 11) is 0. The third-order valence-electron chi connectivity index (χ3n) is 3.81. The van der Waals surface area contributed by atoms with Gasteiger partial charge in [0.1, 0.15) is 6.10 Å². The van der Waals surface area contributed by atoms with Crippen LogP contribution in [0.5, 0.6) is 0 Å². The minimum absolute atomic E-state index is 0.0825. The molecule has 1 heterocycles. The molecule has 7 heteroatoms. The molecule has 7 nitrogen and oxygen atoms in total. The van der Waals surface area contributed by atoms with Crippen molar-refractivity contribution in [2.75, 3.05) is 19.8 Å². The van der Waals surface area contributed by atoms with Crippen LogP contribution in [-0.4, -0.2) is 65.1 Å². The van der Waals surface area contributed by atoms with Crippen LogP contribution in [0, 0.1) is 11.3 Å². The zero-order chi connectivity index (χ0) is 14.9. The molecule has 2 fully saturated rings. The summed E-state index contributed by atoms with van der Waals surface area (Å²) in [5, 5.41) is 27.0. The Hall–Kier alpha value is -1.60. The molecule has 0 unspecified atom stereocenters. The predicted molar refractivity (Wildman–Crippen MR) is 70.1 cm³/mol. The van der Waals surface area contributed by atoms with Crippen molar-refractivity contribution >= 4 is 12.0 Å². The van der Waals surface area contributed by atoms with Gasteiger partial charge < -0.3 is 24.6 Å². The van der Waals surface area contributed by atoms with Gasteiger partial charge in [-0.1, -0.05) is 6.58 Å². The van der Waals surface area contributed by atoms with Crippen molar-refractivity contribution in [1.82, 2.24) is 4.90 Å². The van der Waals surface area contributed by atoms with E-state index in [1.807, 2.05) is 0 Å². The highest BCUT2D eigenvalue weighted by Gasteiger charge is 2.52. The molecule has 3 N–H and O–H groups in total. The van der Waals surface area contributed by atoms with Crippen molar-refractivity contribution < 1.29 is 24.5 Å². The van der Waals surface area contributed by atoms with Gasteiger partial charge in [0.05, 0.1) is 25.3 Å². The highest BCUT2D eigenvalue weighted by Crippen LogP contribution is 2.37. The normalized spacial score (nSPS) is 31.9. The number of aliphatic hydroxyl groups is 2. The summed E-state index contributed by atoms with van der Waals surface area (Å²) in [5.41, 5.74) is 0.239. The zero-order valence-electron chi connectivity index (χ0n) is 11.4. The number of carbonyl (C=O) groups excluding carboxylic acids is 1. The van der Waals surface area contributed by atoms with Crippen molar-refractivity contribution in [3.8, 4) is 0 Å². The molecule has 0 bridgehead atoms.